The van der Waals surface area contributed by atoms with Gasteiger partial charge in [-0.05, 0) is 6.42 Å². The van der Waals surface area contributed by atoms with Gasteiger partial charge in [-0.2, -0.15) is 0 Å². The Hall–Kier alpha value is 1.07. The summed E-state index contributed by atoms with van der Waals surface area (Å²) in [6.07, 6.45) is 25.7. The van der Waals surface area contributed by atoms with E-state index in [-0.39, 0.29) is 51.4 Å². The molecule has 0 saturated heterocycles. The molecule has 1 atom stereocenters. The van der Waals surface area contributed by atoms with Crippen molar-refractivity contribution in [3.05, 3.63) is 0 Å². The van der Waals surface area contributed by atoms with Gasteiger partial charge in [-0.1, -0.05) is 135 Å². The summed E-state index contributed by atoms with van der Waals surface area (Å²) in [6.45, 7) is 2.28. The Labute approximate surface area is 218 Å². The van der Waals surface area contributed by atoms with Gasteiger partial charge >= 0.3 is 51.4 Å². The maximum absolute atomic E-state index is 10.4. The minimum atomic E-state index is -1.34. The average Bonchev–Trinajstić information content (AvgIpc) is 2.66. The standard InChI is InChI=1S/C24H48O3.K/c1-2-3-4-5-6-7-8-9-10-11-12-13-14-15-16-17-18-19-20-21-22-23(25)24(26)27;/h23,25H,2-22H2,1H3,(H,26,27);/q;+1/p-1. The molecule has 0 aromatic rings. The predicted molar refractivity (Wildman–Crippen MR) is 114 cm³/mol. The number of hydrogen-bond donors (Lipinski definition) is 1. The smallest absolute Gasteiger partial charge is 0.547 e. The fourth-order valence-corrected chi connectivity index (χ4v) is 3.71. The van der Waals surface area contributed by atoms with E-state index in [9.17, 15) is 9.90 Å². The summed E-state index contributed by atoms with van der Waals surface area (Å²) >= 11 is 0. The average molecular weight is 423 g/mol. The molecule has 0 spiro atoms. The van der Waals surface area contributed by atoms with Crippen LogP contribution in [0.4, 0.5) is 0 Å². The number of unbranched alkanes of at least 4 members (excludes halogenated alkanes) is 19. The van der Waals surface area contributed by atoms with Crippen molar-refractivity contribution in [3.8, 4) is 0 Å². The zero-order valence-corrected chi connectivity index (χ0v) is 22.3. The van der Waals surface area contributed by atoms with Gasteiger partial charge in [-0.15, -0.1) is 0 Å². The quantitative estimate of drug-likeness (QED) is 0.215. The first-order chi connectivity index (χ1) is 13.2. The summed E-state index contributed by atoms with van der Waals surface area (Å²) in [5.41, 5.74) is 0. The molecule has 0 aromatic heterocycles. The number of carboxylic acid groups (broad SMARTS) is 1. The van der Waals surface area contributed by atoms with Gasteiger partial charge < -0.3 is 15.0 Å². The van der Waals surface area contributed by atoms with E-state index in [1.165, 1.54) is 109 Å². The second kappa shape index (κ2) is 26.1. The minimum Gasteiger partial charge on any atom is -0.547 e. The van der Waals surface area contributed by atoms with Crippen LogP contribution in [0.25, 0.3) is 0 Å². The fourth-order valence-electron chi connectivity index (χ4n) is 3.71. The van der Waals surface area contributed by atoms with Gasteiger partial charge in [-0.25, -0.2) is 0 Å². The van der Waals surface area contributed by atoms with Crippen molar-refractivity contribution in [2.24, 2.45) is 0 Å². The number of aliphatic carboxylic acids is 1. The Balaban J connectivity index is 0. The van der Waals surface area contributed by atoms with Gasteiger partial charge in [0, 0.05) is 0 Å². The van der Waals surface area contributed by atoms with Crippen molar-refractivity contribution < 1.29 is 66.4 Å². The van der Waals surface area contributed by atoms with E-state index in [4.69, 9.17) is 5.11 Å². The first-order valence-electron chi connectivity index (χ1n) is 12.1. The van der Waals surface area contributed by atoms with Crippen LogP contribution in [0.5, 0.6) is 0 Å². The van der Waals surface area contributed by atoms with Crippen molar-refractivity contribution in [1.29, 1.82) is 0 Å². The van der Waals surface area contributed by atoms with Gasteiger partial charge in [0.05, 0.1) is 12.1 Å². The second-order valence-corrected chi connectivity index (χ2v) is 8.34. The predicted octanol–water partition coefficient (Wildman–Crippen LogP) is 3.31. The molecule has 0 aromatic carbocycles. The van der Waals surface area contributed by atoms with Crippen molar-refractivity contribution in [3.63, 3.8) is 0 Å². The van der Waals surface area contributed by atoms with E-state index in [2.05, 4.69) is 6.92 Å². The summed E-state index contributed by atoms with van der Waals surface area (Å²) in [4.78, 5) is 10.4. The van der Waals surface area contributed by atoms with Gasteiger partial charge in [0.25, 0.3) is 0 Å². The SMILES string of the molecule is CCCCCCCCCCCCCCCCCCCCCCC(O)C(=O)[O-].[K+]. The molecule has 0 aliphatic rings. The van der Waals surface area contributed by atoms with E-state index in [0.29, 0.717) is 6.42 Å². The molecule has 4 heteroatoms. The molecule has 0 amide bonds. The van der Waals surface area contributed by atoms with Crippen LogP contribution in [0.3, 0.4) is 0 Å². The third kappa shape index (κ3) is 25.1. The summed E-state index contributed by atoms with van der Waals surface area (Å²) < 4.78 is 0. The summed E-state index contributed by atoms with van der Waals surface area (Å²) in [5, 5.41) is 19.5. The van der Waals surface area contributed by atoms with Crippen molar-refractivity contribution in [1.82, 2.24) is 0 Å². The molecule has 0 radical (unpaired) electrons. The zero-order chi connectivity index (χ0) is 20.0. The molecule has 1 N–H and O–H groups in total. The molecule has 0 bridgehead atoms. The first-order valence-corrected chi connectivity index (χ1v) is 12.1. The van der Waals surface area contributed by atoms with E-state index < -0.39 is 12.1 Å². The monoisotopic (exact) mass is 422 g/mol. The Bertz CT molecular complexity index is 310. The van der Waals surface area contributed by atoms with Crippen molar-refractivity contribution in [2.45, 2.75) is 148 Å². The van der Waals surface area contributed by atoms with E-state index in [0.717, 1.165) is 19.3 Å². The van der Waals surface area contributed by atoms with Gasteiger partial charge in [0.15, 0.2) is 0 Å². The molecular formula is C24H47KO3. The number of hydrogen-bond acceptors (Lipinski definition) is 3. The van der Waals surface area contributed by atoms with Gasteiger partial charge in [0.1, 0.15) is 0 Å². The molecular weight excluding hydrogens is 375 g/mol. The zero-order valence-electron chi connectivity index (χ0n) is 19.2. The van der Waals surface area contributed by atoms with Crippen molar-refractivity contribution >= 4 is 5.97 Å². The molecule has 0 saturated carbocycles. The van der Waals surface area contributed by atoms with E-state index >= 15 is 0 Å². The van der Waals surface area contributed by atoms with Crippen LogP contribution in [-0.4, -0.2) is 17.2 Å². The minimum absolute atomic E-state index is 0. The van der Waals surface area contributed by atoms with E-state index in [1.54, 1.807) is 0 Å². The fraction of sp³-hybridized carbons (Fsp3) is 0.958. The number of carbonyl (C=O) groups excluding carboxylic acids is 1. The third-order valence-electron chi connectivity index (χ3n) is 5.60. The van der Waals surface area contributed by atoms with Crippen LogP contribution in [0.15, 0.2) is 0 Å². The number of aliphatic hydroxyl groups is 1. The molecule has 0 fully saturated rings. The first kappa shape index (κ1) is 31.3. The van der Waals surface area contributed by atoms with Gasteiger partial charge in [-0.3, -0.25) is 0 Å². The van der Waals surface area contributed by atoms with Crippen LogP contribution >= 0.6 is 0 Å². The number of carbonyl (C=O) groups is 1. The Morgan fingerprint density at radius 3 is 1.11 bits per heavy atom. The molecule has 3 nitrogen and oxygen atoms in total. The van der Waals surface area contributed by atoms with Crippen LogP contribution in [0.1, 0.15) is 142 Å². The molecule has 1 unspecified atom stereocenters. The second-order valence-electron chi connectivity index (χ2n) is 8.34. The van der Waals surface area contributed by atoms with Crippen LogP contribution in [0.2, 0.25) is 0 Å². The third-order valence-corrected chi connectivity index (χ3v) is 5.60. The summed E-state index contributed by atoms with van der Waals surface area (Å²) in [7, 11) is 0. The van der Waals surface area contributed by atoms with Crippen LogP contribution < -0.4 is 56.5 Å². The molecule has 0 rings (SSSR count). The Morgan fingerprint density at radius 1 is 0.607 bits per heavy atom. The summed E-state index contributed by atoms with van der Waals surface area (Å²) in [5.74, 6) is -1.34. The van der Waals surface area contributed by atoms with Crippen molar-refractivity contribution in [2.75, 3.05) is 0 Å². The van der Waals surface area contributed by atoms with Gasteiger partial charge in [0.2, 0.25) is 0 Å². The number of rotatable bonds is 22. The topological polar surface area (TPSA) is 60.4 Å². The normalized spacial score (nSPS) is 11.9. The maximum Gasteiger partial charge on any atom is 1.00 e. The number of aliphatic hydroxyl groups excluding tert-OH is 1. The molecule has 0 aliphatic carbocycles. The molecule has 0 heterocycles. The maximum atomic E-state index is 10.4. The molecule has 28 heavy (non-hydrogen) atoms. The number of carboxylic acids is 1. The van der Waals surface area contributed by atoms with Crippen LogP contribution in [0, 0.1) is 0 Å². The Morgan fingerprint density at radius 2 is 0.857 bits per heavy atom. The molecule has 0 aliphatic heterocycles. The molecule has 162 valence electrons. The largest absolute Gasteiger partial charge is 1.00 e. The van der Waals surface area contributed by atoms with E-state index in [1.807, 2.05) is 0 Å². The summed E-state index contributed by atoms with van der Waals surface area (Å²) in [6, 6.07) is 0. The Kier molecular flexibility index (Phi) is 29.1. The van der Waals surface area contributed by atoms with Crippen LogP contribution in [-0.2, 0) is 4.79 Å².